The van der Waals surface area contributed by atoms with Gasteiger partial charge in [-0.3, -0.25) is 5.32 Å². The summed E-state index contributed by atoms with van der Waals surface area (Å²) in [6.45, 7) is 10.1. The lowest BCUT2D eigenvalue weighted by atomic mass is 10.2. The molecule has 0 spiro atoms. The van der Waals surface area contributed by atoms with Crippen molar-refractivity contribution in [3.8, 4) is 5.75 Å². The van der Waals surface area contributed by atoms with E-state index in [-0.39, 0.29) is 6.61 Å². The van der Waals surface area contributed by atoms with E-state index >= 15 is 0 Å². The maximum absolute atomic E-state index is 12.0. The van der Waals surface area contributed by atoms with Crippen LogP contribution in [0.5, 0.6) is 5.75 Å². The van der Waals surface area contributed by atoms with Crippen LogP contribution in [0.2, 0.25) is 0 Å². The fraction of sp³-hybridized carbons (Fsp3) is 0.618. The first-order chi connectivity index (χ1) is 23.8. The highest BCUT2D eigenvalue weighted by Gasteiger charge is 2.04. The van der Waals surface area contributed by atoms with Gasteiger partial charge >= 0.3 is 6.09 Å². The number of hydrogen-bond donors (Lipinski definition) is 2. The molecule has 1 amide bonds. The van der Waals surface area contributed by atoms with E-state index in [1.165, 1.54) is 0 Å². The second-order valence-corrected chi connectivity index (χ2v) is 9.86. The van der Waals surface area contributed by atoms with Crippen molar-refractivity contribution in [2.75, 3.05) is 137 Å². The van der Waals surface area contributed by atoms with Crippen LogP contribution in [-0.2, 0) is 54.0 Å². The Balaban J connectivity index is 1.24. The Hall–Kier alpha value is -2.89. The highest BCUT2D eigenvalue weighted by molar-refractivity contribution is 5.84. The summed E-state index contributed by atoms with van der Waals surface area (Å²) in [6, 6.07) is 16.5. The summed E-state index contributed by atoms with van der Waals surface area (Å²) in [6.07, 6.45) is -0.516. The van der Waals surface area contributed by atoms with Gasteiger partial charge in [-0.05, 0) is 29.8 Å². The van der Waals surface area contributed by atoms with E-state index in [0.29, 0.717) is 144 Å². The number of ether oxygens (including phenoxy) is 11. The predicted octanol–water partition coefficient (Wildman–Crippen LogP) is 2.92. The fourth-order valence-corrected chi connectivity index (χ4v) is 3.67. The predicted molar refractivity (Wildman–Crippen MR) is 179 cm³/mol. The fourth-order valence-electron chi connectivity index (χ4n) is 3.67. The normalized spacial score (nSPS) is 11.1. The average molecular weight is 683 g/mol. The van der Waals surface area contributed by atoms with Gasteiger partial charge in [-0.15, -0.1) is 0 Å². The van der Waals surface area contributed by atoms with Crippen molar-refractivity contribution in [1.82, 2.24) is 0 Å². The molecule has 0 aliphatic rings. The summed E-state index contributed by atoms with van der Waals surface area (Å²) in [5.74, 6) is 0.675. The average Bonchev–Trinajstić information content (AvgIpc) is 3.11. The van der Waals surface area contributed by atoms with Gasteiger partial charge in [-0.2, -0.15) is 0 Å². The molecule has 0 saturated carbocycles. The number of carbonyl (C=O) groups excluding carboxylic acids is 1. The number of rotatable bonds is 33. The minimum atomic E-state index is -0.516. The molecule has 272 valence electrons. The Morgan fingerprint density at radius 1 is 0.479 bits per heavy atom. The van der Waals surface area contributed by atoms with Crippen LogP contribution in [0.15, 0.2) is 54.6 Å². The lowest BCUT2D eigenvalue weighted by Gasteiger charge is -2.10. The van der Waals surface area contributed by atoms with Gasteiger partial charge in [-0.1, -0.05) is 30.3 Å². The van der Waals surface area contributed by atoms with Crippen LogP contribution in [0.3, 0.4) is 0 Å². The molecule has 0 bridgehead atoms. The minimum Gasteiger partial charge on any atom is -0.491 e. The van der Waals surface area contributed by atoms with Crippen molar-refractivity contribution in [2.45, 2.75) is 6.61 Å². The molecule has 0 aliphatic heterocycles. The molecule has 14 nitrogen and oxygen atoms in total. The molecule has 0 radical (unpaired) electrons. The van der Waals surface area contributed by atoms with Crippen LogP contribution in [0.1, 0.15) is 5.56 Å². The van der Waals surface area contributed by atoms with Gasteiger partial charge < -0.3 is 57.8 Å². The lowest BCUT2D eigenvalue weighted by molar-refractivity contribution is -0.0252. The van der Waals surface area contributed by atoms with Crippen molar-refractivity contribution in [2.24, 2.45) is 5.73 Å². The SMILES string of the molecule is NCCOCCOCCOCCOCCOCCOCCOCCOCCOCCOc1ccc(NC(=O)OCc2ccccc2)cc1. The number of nitrogens with one attached hydrogen (secondary N) is 1. The second-order valence-electron chi connectivity index (χ2n) is 9.86. The van der Waals surface area contributed by atoms with Crippen LogP contribution in [0.4, 0.5) is 10.5 Å². The van der Waals surface area contributed by atoms with Gasteiger partial charge in [-0.25, -0.2) is 4.79 Å². The van der Waals surface area contributed by atoms with Crippen molar-refractivity contribution >= 4 is 11.8 Å². The molecule has 0 aliphatic carbocycles. The van der Waals surface area contributed by atoms with E-state index in [1.807, 2.05) is 30.3 Å². The van der Waals surface area contributed by atoms with Crippen molar-refractivity contribution in [1.29, 1.82) is 0 Å². The van der Waals surface area contributed by atoms with Gasteiger partial charge in [0.15, 0.2) is 0 Å². The summed E-state index contributed by atoms with van der Waals surface area (Å²) in [7, 11) is 0. The first kappa shape index (κ1) is 41.3. The smallest absolute Gasteiger partial charge is 0.411 e. The number of carbonyl (C=O) groups is 1. The molecule has 3 N–H and O–H groups in total. The van der Waals surface area contributed by atoms with Crippen LogP contribution in [-0.4, -0.2) is 138 Å². The van der Waals surface area contributed by atoms with Crippen LogP contribution in [0.25, 0.3) is 0 Å². The topological polar surface area (TPSA) is 157 Å². The summed E-state index contributed by atoms with van der Waals surface area (Å²) < 4.78 is 59.8. The summed E-state index contributed by atoms with van der Waals surface area (Å²) in [4.78, 5) is 12.0. The van der Waals surface area contributed by atoms with Crippen molar-refractivity contribution < 1.29 is 56.9 Å². The van der Waals surface area contributed by atoms with E-state index in [9.17, 15) is 4.79 Å². The van der Waals surface area contributed by atoms with E-state index < -0.39 is 6.09 Å². The third-order valence-corrected chi connectivity index (χ3v) is 6.05. The van der Waals surface area contributed by atoms with E-state index in [2.05, 4.69) is 5.32 Å². The first-order valence-electron chi connectivity index (χ1n) is 16.4. The molecule has 0 saturated heterocycles. The third-order valence-electron chi connectivity index (χ3n) is 6.05. The number of nitrogens with two attached hydrogens (primary N) is 1. The molecule has 0 atom stereocenters. The van der Waals surface area contributed by atoms with Gasteiger partial charge in [0.2, 0.25) is 0 Å². The van der Waals surface area contributed by atoms with Gasteiger partial charge in [0.1, 0.15) is 19.0 Å². The molecular formula is C34H54N2O12. The zero-order valence-corrected chi connectivity index (χ0v) is 28.0. The lowest BCUT2D eigenvalue weighted by Crippen LogP contribution is -2.15. The third kappa shape index (κ3) is 25.2. The Kier molecular flexibility index (Phi) is 27.0. The van der Waals surface area contributed by atoms with Gasteiger partial charge in [0.05, 0.1) is 119 Å². The largest absolute Gasteiger partial charge is 0.491 e. The molecule has 2 aromatic rings. The summed E-state index contributed by atoms with van der Waals surface area (Å²) >= 11 is 0. The number of anilines is 1. The zero-order chi connectivity index (χ0) is 34.0. The first-order valence-corrected chi connectivity index (χ1v) is 16.4. The Bertz CT molecular complexity index is 988. The van der Waals surface area contributed by atoms with Crippen molar-refractivity contribution in [3.05, 3.63) is 60.2 Å². The zero-order valence-electron chi connectivity index (χ0n) is 28.0. The number of hydrogen-bond acceptors (Lipinski definition) is 13. The maximum atomic E-state index is 12.0. The van der Waals surface area contributed by atoms with E-state index in [4.69, 9.17) is 57.8 Å². The highest BCUT2D eigenvalue weighted by atomic mass is 16.6. The quantitative estimate of drug-likeness (QED) is 0.106. The second kappa shape index (κ2) is 31.4. The van der Waals surface area contributed by atoms with Gasteiger partial charge in [0.25, 0.3) is 0 Å². The molecule has 0 unspecified atom stereocenters. The molecule has 0 heterocycles. The minimum absolute atomic E-state index is 0.211. The number of benzene rings is 2. The van der Waals surface area contributed by atoms with Crippen LogP contribution < -0.4 is 15.8 Å². The summed E-state index contributed by atoms with van der Waals surface area (Å²) in [5.41, 5.74) is 6.87. The molecule has 2 aromatic carbocycles. The van der Waals surface area contributed by atoms with E-state index in [0.717, 1.165) is 5.56 Å². The molecule has 2 rings (SSSR count). The Labute approximate surface area is 284 Å². The van der Waals surface area contributed by atoms with E-state index in [1.54, 1.807) is 24.3 Å². The monoisotopic (exact) mass is 682 g/mol. The van der Waals surface area contributed by atoms with Crippen molar-refractivity contribution in [3.63, 3.8) is 0 Å². The highest BCUT2D eigenvalue weighted by Crippen LogP contribution is 2.16. The molecule has 48 heavy (non-hydrogen) atoms. The molecule has 14 heteroatoms. The summed E-state index contributed by atoms with van der Waals surface area (Å²) in [5, 5.41) is 2.69. The maximum Gasteiger partial charge on any atom is 0.411 e. The number of amides is 1. The van der Waals surface area contributed by atoms with Crippen LogP contribution >= 0.6 is 0 Å². The molecule has 0 aromatic heterocycles. The van der Waals surface area contributed by atoms with Crippen LogP contribution in [0, 0.1) is 0 Å². The standard InChI is InChI=1S/C34H54N2O12/c35-10-11-38-12-13-39-14-15-40-16-17-41-18-19-42-20-21-43-22-23-44-24-25-45-26-27-46-28-29-47-33-8-6-32(7-9-33)36-34(37)48-30-31-4-2-1-3-5-31/h1-9H,10-30,35H2,(H,36,37). The molecule has 0 fully saturated rings. The van der Waals surface area contributed by atoms with Gasteiger partial charge in [0, 0.05) is 12.2 Å². The Morgan fingerprint density at radius 3 is 1.25 bits per heavy atom. The Morgan fingerprint density at radius 2 is 0.854 bits per heavy atom. The molecular weight excluding hydrogens is 628 g/mol.